The summed E-state index contributed by atoms with van der Waals surface area (Å²) in [6.45, 7) is 1.85. The fourth-order valence-corrected chi connectivity index (χ4v) is 8.51. The molecule has 5 aromatic carbocycles. The first-order valence-corrected chi connectivity index (χ1v) is 20.6. The van der Waals surface area contributed by atoms with Crippen molar-refractivity contribution in [3.8, 4) is 11.1 Å². The Balaban J connectivity index is 1.20. The molecular weight excluding hydrogens is 737 g/mol. The number of fused-ring (bicyclic) bond motifs is 2. The van der Waals surface area contributed by atoms with Crippen LogP contribution in [-0.4, -0.2) is 31.9 Å². The largest absolute Gasteiger partial charge is 0.334 e. The third kappa shape index (κ3) is 9.79. The summed E-state index contributed by atoms with van der Waals surface area (Å²) in [6, 6.07) is 46.6. The average Bonchev–Trinajstić information content (AvgIpc) is 3.53. The predicted octanol–water partition coefficient (Wildman–Crippen LogP) is 8.89. The molecule has 1 aromatic heterocycles. The quantitative estimate of drug-likeness (QED) is 0.0192. The second-order valence-corrected chi connectivity index (χ2v) is 15.9. The first-order valence-electron chi connectivity index (χ1n) is 17.8. The molecule has 1 aliphatic heterocycles. The van der Waals surface area contributed by atoms with E-state index in [1.54, 1.807) is 11.8 Å². The monoisotopic (exact) mass is 777 g/mol. The first kappa shape index (κ1) is 37.8. The summed E-state index contributed by atoms with van der Waals surface area (Å²) in [5.74, 6) is -0.296. The van der Waals surface area contributed by atoms with Crippen LogP contribution in [0.5, 0.6) is 0 Å². The van der Waals surface area contributed by atoms with E-state index in [1.165, 1.54) is 21.4 Å². The van der Waals surface area contributed by atoms with Crippen LogP contribution in [0.15, 0.2) is 143 Å². The molecule has 2 heterocycles. The minimum Gasteiger partial charge on any atom is -0.334 e. The topological polar surface area (TPSA) is 89.2 Å². The highest BCUT2D eigenvalue weighted by Gasteiger charge is 2.27. The third-order valence-corrected chi connectivity index (χ3v) is 11.4. The van der Waals surface area contributed by atoms with Crippen LogP contribution in [0.25, 0.3) is 28.1 Å². The molecule has 0 radical (unpaired) electrons. The Morgan fingerprint density at radius 3 is 2.19 bits per heavy atom. The molecule has 276 valence electrons. The van der Waals surface area contributed by atoms with Crippen LogP contribution in [0.2, 0.25) is 0 Å². The second-order valence-electron chi connectivity index (χ2n) is 13.1. The summed E-state index contributed by atoms with van der Waals surface area (Å²) in [7, 11) is -4.04. The van der Waals surface area contributed by atoms with E-state index in [2.05, 4.69) is 147 Å². The Labute approximate surface area is 326 Å². The van der Waals surface area contributed by atoms with Gasteiger partial charge in [-0.15, -0.1) is 4.33 Å². The lowest BCUT2D eigenvalue weighted by Crippen LogP contribution is -2.39. The van der Waals surface area contributed by atoms with Gasteiger partial charge in [-0.3, -0.25) is 4.55 Å². The molecule has 0 aliphatic carbocycles. The Kier molecular flexibility index (Phi) is 12.5. The molecule has 54 heavy (non-hydrogen) atoms. The molecule has 1 N–H and O–H groups in total. The number of hydrogen-bond donors (Lipinski definition) is 2. The number of aromatic nitrogens is 1. The van der Waals surface area contributed by atoms with Crippen molar-refractivity contribution in [1.82, 2.24) is 0 Å². The Morgan fingerprint density at radius 1 is 0.722 bits per heavy atom. The molecule has 0 unspecified atom stereocenters. The summed E-state index contributed by atoms with van der Waals surface area (Å²) >= 11 is 5.31. The molecule has 0 spiro atoms. The number of pyridine rings is 1. The molecule has 0 bridgehead atoms. The van der Waals surface area contributed by atoms with Crippen LogP contribution in [0.3, 0.4) is 0 Å². The van der Waals surface area contributed by atoms with E-state index < -0.39 is 10.1 Å². The number of para-hydroxylation sites is 1. The smallest absolute Gasteiger partial charge is 0.265 e. The van der Waals surface area contributed by atoms with Crippen molar-refractivity contribution in [2.45, 2.75) is 37.1 Å². The van der Waals surface area contributed by atoms with Gasteiger partial charge in [0.05, 0.1) is 23.1 Å². The zero-order valence-electron chi connectivity index (χ0n) is 29.6. The molecule has 1 aliphatic rings. The highest BCUT2D eigenvalue weighted by atomic mass is 32.2. The van der Waals surface area contributed by atoms with Gasteiger partial charge in [0.1, 0.15) is 0 Å². The standard InChI is InChI=1S/C43H40N2O6S3/c46-54(47,48)27-23-35-11-7-9-33(29-35)21-25-45-41-30-38(36-12-2-1-3-13-36)17-19-42(41)53-43(45)31-39-18-16-37-14-4-5-15-40(37)44(39)24-20-32-8-6-10-34(28-32)22-26-49-50-51-52/h1-19,28-31H,20-27H2,(H-,46,47,48,52)/p+1. The molecule has 0 saturated carbocycles. The average molecular weight is 778 g/mol. The summed E-state index contributed by atoms with van der Waals surface area (Å²) in [4.78, 5) is 8.57. The Morgan fingerprint density at radius 2 is 1.43 bits per heavy atom. The highest BCUT2D eigenvalue weighted by Crippen LogP contribution is 2.48. The predicted molar refractivity (Wildman–Crippen MR) is 218 cm³/mol. The molecule has 0 amide bonds. The summed E-state index contributed by atoms with van der Waals surface area (Å²) < 4.78 is 38.8. The summed E-state index contributed by atoms with van der Waals surface area (Å²) in [5.41, 5.74) is 10.1. The maximum atomic E-state index is 11.4. The zero-order chi connectivity index (χ0) is 37.3. The highest BCUT2D eigenvalue weighted by molar-refractivity contribution is 8.03. The van der Waals surface area contributed by atoms with E-state index >= 15 is 0 Å². The number of thioether (sulfide) groups is 1. The molecule has 8 nitrogen and oxygen atoms in total. The third-order valence-electron chi connectivity index (χ3n) is 9.51. The zero-order valence-corrected chi connectivity index (χ0v) is 32.1. The number of benzene rings is 5. The van der Waals surface area contributed by atoms with Crippen molar-refractivity contribution in [2.24, 2.45) is 0 Å². The lowest BCUT2D eigenvalue weighted by atomic mass is 10.0. The van der Waals surface area contributed by atoms with Crippen molar-refractivity contribution in [1.29, 1.82) is 0 Å². The van der Waals surface area contributed by atoms with E-state index in [1.807, 2.05) is 24.3 Å². The van der Waals surface area contributed by atoms with E-state index in [9.17, 15) is 13.0 Å². The normalized spacial score (nSPS) is 13.5. The summed E-state index contributed by atoms with van der Waals surface area (Å²) in [6.07, 6.45) is 4.84. The number of nitrogens with zero attached hydrogens (tertiary/aromatic N) is 2. The van der Waals surface area contributed by atoms with Crippen molar-refractivity contribution in [3.05, 3.63) is 166 Å². The lowest BCUT2D eigenvalue weighted by Gasteiger charge is -2.21. The van der Waals surface area contributed by atoms with Gasteiger partial charge in [-0.2, -0.15) is 13.0 Å². The lowest BCUT2D eigenvalue weighted by molar-refractivity contribution is -0.672. The molecule has 6 aromatic rings. The minimum atomic E-state index is -4.04. The van der Waals surface area contributed by atoms with Gasteiger partial charge < -0.3 is 4.90 Å². The van der Waals surface area contributed by atoms with Crippen molar-refractivity contribution in [3.63, 3.8) is 0 Å². The number of hydrogen-bond acceptors (Lipinski definition) is 8. The van der Waals surface area contributed by atoms with Gasteiger partial charge in [-0.1, -0.05) is 114 Å². The van der Waals surface area contributed by atoms with Crippen LogP contribution in [0.1, 0.15) is 27.9 Å². The molecule has 0 atom stereocenters. The van der Waals surface area contributed by atoms with Gasteiger partial charge >= 0.3 is 0 Å². The van der Waals surface area contributed by atoms with Crippen molar-refractivity contribution in [2.75, 3.05) is 23.8 Å². The first-order chi connectivity index (χ1) is 26.3. The number of anilines is 1. The van der Waals surface area contributed by atoms with E-state index in [4.69, 9.17) is 4.89 Å². The van der Waals surface area contributed by atoms with Gasteiger partial charge in [0.2, 0.25) is 11.2 Å². The molecule has 0 saturated heterocycles. The second kappa shape index (κ2) is 17.8. The van der Waals surface area contributed by atoms with Crippen molar-refractivity contribution >= 4 is 57.5 Å². The number of aryl methyl sites for hydroxylation is 3. The minimum absolute atomic E-state index is 0.266. The van der Waals surface area contributed by atoms with Gasteiger partial charge in [-0.25, -0.2) is 4.89 Å². The van der Waals surface area contributed by atoms with E-state index in [0.29, 0.717) is 13.0 Å². The molecule has 0 fully saturated rings. The molecular formula is C43H41N2O6S3+. The fourth-order valence-electron chi connectivity index (χ4n) is 6.85. The summed E-state index contributed by atoms with van der Waals surface area (Å²) in [5, 5.41) is 6.75. The van der Waals surface area contributed by atoms with Crippen molar-refractivity contribution < 1.29 is 31.8 Å². The van der Waals surface area contributed by atoms with E-state index in [-0.39, 0.29) is 12.2 Å². The number of rotatable bonds is 16. The van der Waals surface area contributed by atoms with Gasteiger partial charge in [0.25, 0.3) is 10.1 Å². The van der Waals surface area contributed by atoms with Crippen LogP contribution in [0, 0.1) is 0 Å². The van der Waals surface area contributed by atoms with Crippen LogP contribution >= 0.6 is 24.7 Å². The van der Waals surface area contributed by atoms with Gasteiger partial charge in [0, 0.05) is 54.4 Å². The SMILES string of the molecule is O=S(=O)(O)CCc1cccc(CCN2C(=Cc3ccc4ccccc4[n+]3CCc3cccc(CCOOOS)c3)Sc3ccc(-c4ccccc4)cc32)c1. The number of thiol groups is 1. The molecule has 7 rings (SSSR count). The van der Waals surface area contributed by atoms with Gasteiger partial charge in [0.15, 0.2) is 6.54 Å². The maximum absolute atomic E-state index is 11.4. The Hall–Kier alpha value is -4.46. The van der Waals surface area contributed by atoms with Crippen LogP contribution in [0.4, 0.5) is 5.69 Å². The van der Waals surface area contributed by atoms with Crippen LogP contribution < -0.4 is 9.47 Å². The Bertz CT molecular complexity index is 2370. The maximum Gasteiger partial charge on any atom is 0.265 e. The fraction of sp³-hybridized carbons (Fsp3) is 0.186. The van der Waals surface area contributed by atoms with Gasteiger partial charge in [-0.05, 0) is 76.9 Å². The van der Waals surface area contributed by atoms with Crippen LogP contribution in [-0.2, 0) is 56.6 Å². The molecule has 11 heteroatoms. The van der Waals surface area contributed by atoms with E-state index in [0.717, 1.165) is 70.2 Å².